The van der Waals surface area contributed by atoms with Gasteiger partial charge in [0.2, 0.25) is 11.8 Å². The Hall–Kier alpha value is -1.46. The molecular weight excluding hydrogens is 269 g/mol. The number of nitrogens with zero attached hydrogens (tertiary/aromatic N) is 2. The van der Waals surface area contributed by atoms with Crippen LogP contribution in [0.3, 0.4) is 0 Å². The molecule has 0 radical (unpaired) electrons. The summed E-state index contributed by atoms with van der Waals surface area (Å²) in [5.41, 5.74) is 0.423. The summed E-state index contributed by atoms with van der Waals surface area (Å²) in [7, 11) is 0. The second-order valence-electron chi connectivity index (χ2n) is 4.06. The van der Waals surface area contributed by atoms with Gasteiger partial charge in [0, 0.05) is 6.42 Å². The van der Waals surface area contributed by atoms with Gasteiger partial charge in [-0.15, -0.1) is 10.2 Å². The van der Waals surface area contributed by atoms with E-state index in [4.69, 9.17) is 16.0 Å². The van der Waals surface area contributed by atoms with E-state index in [0.29, 0.717) is 17.9 Å². The molecule has 2 aromatic rings. The number of rotatable bonds is 6. The molecule has 0 unspecified atom stereocenters. The molecule has 0 atom stereocenters. The lowest BCUT2D eigenvalue weighted by atomic mass is 10.2. The highest BCUT2D eigenvalue weighted by molar-refractivity contribution is 6.33. The molecule has 4 nitrogen and oxygen atoms in total. The molecule has 1 aromatic heterocycles. The molecule has 0 aliphatic carbocycles. The Balaban J connectivity index is 2.06. The van der Waals surface area contributed by atoms with Crippen LogP contribution in [0.2, 0.25) is 5.02 Å². The molecule has 0 fully saturated rings. The van der Waals surface area contributed by atoms with E-state index >= 15 is 0 Å². The molecule has 0 amide bonds. The highest BCUT2D eigenvalue weighted by Crippen LogP contribution is 2.28. The third-order valence-corrected chi connectivity index (χ3v) is 3.03. The molecule has 0 saturated carbocycles. The minimum absolute atomic E-state index is 0.00495. The van der Waals surface area contributed by atoms with Crippen molar-refractivity contribution in [3.05, 3.63) is 34.9 Å². The molecule has 0 spiro atoms. The van der Waals surface area contributed by atoms with Gasteiger partial charge in [0.25, 0.3) is 0 Å². The van der Waals surface area contributed by atoms with Crippen LogP contribution in [0.4, 0.5) is 4.39 Å². The first-order valence-electron chi connectivity index (χ1n) is 6.20. The molecule has 1 heterocycles. The summed E-state index contributed by atoms with van der Waals surface area (Å²) in [6.07, 6.45) is 1.60. The summed E-state index contributed by atoms with van der Waals surface area (Å²) < 4.78 is 18.8. The monoisotopic (exact) mass is 283 g/mol. The summed E-state index contributed by atoms with van der Waals surface area (Å²) in [5, 5.41) is 11.1. The fourth-order valence-corrected chi connectivity index (χ4v) is 1.88. The largest absolute Gasteiger partial charge is 0.421 e. The SMILES string of the molecule is CCNCCCc1nnc(-c2cccc(F)c2Cl)o1. The van der Waals surface area contributed by atoms with Crippen LogP contribution in [-0.2, 0) is 6.42 Å². The lowest BCUT2D eigenvalue weighted by molar-refractivity contribution is 0.492. The van der Waals surface area contributed by atoms with Gasteiger partial charge in [-0.05, 0) is 31.6 Å². The van der Waals surface area contributed by atoms with E-state index in [9.17, 15) is 4.39 Å². The Labute approximate surface area is 116 Å². The van der Waals surface area contributed by atoms with Crippen LogP contribution >= 0.6 is 11.6 Å². The van der Waals surface area contributed by atoms with Crippen LogP contribution in [0.5, 0.6) is 0 Å². The molecule has 6 heteroatoms. The topological polar surface area (TPSA) is 51.0 Å². The average Bonchev–Trinajstić information content (AvgIpc) is 2.87. The van der Waals surface area contributed by atoms with Crippen molar-refractivity contribution in [2.45, 2.75) is 19.8 Å². The first-order valence-corrected chi connectivity index (χ1v) is 6.57. The third kappa shape index (κ3) is 3.52. The predicted molar refractivity (Wildman–Crippen MR) is 71.6 cm³/mol. The molecule has 1 N–H and O–H groups in total. The van der Waals surface area contributed by atoms with Gasteiger partial charge in [0.1, 0.15) is 5.82 Å². The highest BCUT2D eigenvalue weighted by atomic mass is 35.5. The van der Waals surface area contributed by atoms with E-state index in [-0.39, 0.29) is 10.9 Å². The van der Waals surface area contributed by atoms with Crippen LogP contribution in [0.1, 0.15) is 19.2 Å². The number of hydrogen-bond acceptors (Lipinski definition) is 4. The maximum absolute atomic E-state index is 13.3. The first kappa shape index (κ1) is 14.0. The Morgan fingerprint density at radius 1 is 1.37 bits per heavy atom. The van der Waals surface area contributed by atoms with E-state index in [1.54, 1.807) is 12.1 Å². The van der Waals surface area contributed by atoms with Gasteiger partial charge < -0.3 is 9.73 Å². The van der Waals surface area contributed by atoms with Gasteiger partial charge in [-0.3, -0.25) is 0 Å². The highest BCUT2D eigenvalue weighted by Gasteiger charge is 2.14. The molecule has 19 heavy (non-hydrogen) atoms. The molecule has 0 aliphatic rings. The number of benzene rings is 1. The number of nitrogens with one attached hydrogen (secondary N) is 1. The standard InChI is InChI=1S/C13H15ClFN3O/c1-2-16-8-4-7-11-17-18-13(19-11)9-5-3-6-10(15)12(9)14/h3,5-6,16H,2,4,7-8H2,1H3. The minimum atomic E-state index is -0.494. The minimum Gasteiger partial charge on any atom is -0.421 e. The molecule has 2 rings (SSSR count). The van der Waals surface area contributed by atoms with Crippen LogP contribution in [-0.4, -0.2) is 23.3 Å². The Morgan fingerprint density at radius 3 is 3.00 bits per heavy atom. The summed E-state index contributed by atoms with van der Waals surface area (Å²) in [5.74, 6) is 0.294. The van der Waals surface area contributed by atoms with E-state index in [0.717, 1.165) is 19.5 Å². The van der Waals surface area contributed by atoms with Gasteiger partial charge in [0.05, 0.1) is 10.6 Å². The summed E-state index contributed by atoms with van der Waals surface area (Å²) in [6, 6.07) is 4.51. The zero-order valence-electron chi connectivity index (χ0n) is 10.6. The van der Waals surface area contributed by atoms with Crippen molar-refractivity contribution >= 4 is 11.6 Å². The zero-order chi connectivity index (χ0) is 13.7. The molecule has 0 aliphatic heterocycles. The Morgan fingerprint density at radius 2 is 2.21 bits per heavy atom. The van der Waals surface area contributed by atoms with Crippen LogP contribution in [0, 0.1) is 5.82 Å². The Kier molecular flexibility index (Phi) is 4.87. The normalized spacial score (nSPS) is 10.9. The number of aryl methyl sites for hydroxylation is 1. The van der Waals surface area contributed by atoms with E-state index < -0.39 is 5.82 Å². The fraction of sp³-hybridized carbons (Fsp3) is 0.385. The van der Waals surface area contributed by atoms with Gasteiger partial charge in [0.15, 0.2) is 0 Å². The molecule has 0 saturated heterocycles. The lowest BCUT2D eigenvalue weighted by Crippen LogP contribution is -2.14. The molecule has 0 bridgehead atoms. The van der Waals surface area contributed by atoms with Crippen molar-refractivity contribution in [1.82, 2.24) is 15.5 Å². The van der Waals surface area contributed by atoms with Gasteiger partial charge in [-0.25, -0.2) is 4.39 Å². The van der Waals surface area contributed by atoms with Crippen molar-refractivity contribution in [1.29, 1.82) is 0 Å². The second kappa shape index (κ2) is 6.63. The summed E-state index contributed by atoms with van der Waals surface area (Å²) >= 11 is 5.87. The second-order valence-corrected chi connectivity index (χ2v) is 4.44. The summed E-state index contributed by atoms with van der Waals surface area (Å²) in [6.45, 7) is 3.89. The number of aromatic nitrogens is 2. The Bertz CT molecular complexity index is 544. The number of halogens is 2. The molecule has 1 aromatic carbocycles. The third-order valence-electron chi connectivity index (χ3n) is 2.64. The smallest absolute Gasteiger partial charge is 0.249 e. The van der Waals surface area contributed by atoms with Crippen molar-refractivity contribution in [2.24, 2.45) is 0 Å². The van der Waals surface area contributed by atoms with Gasteiger partial charge >= 0.3 is 0 Å². The van der Waals surface area contributed by atoms with Crippen molar-refractivity contribution in [3.8, 4) is 11.5 Å². The molecular formula is C13H15ClFN3O. The van der Waals surface area contributed by atoms with Crippen LogP contribution in [0.25, 0.3) is 11.5 Å². The van der Waals surface area contributed by atoms with Gasteiger partial charge in [-0.2, -0.15) is 0 Å². The molecule has 102 valence electrons. The van der Waals surface area contributed by atoms with E-state index in [2.05, 4.69) is 22.4 Å². The predicted octanol–water partition coefficient (Wildman–Crippen LogP) is 3.07. The zero-order valence-corrected chi connectivity index (χ0v) is 11.4. The first-order chi connectivity index (χ1) is 9.22. The van der Waals surface area contributed by atoms with Crippen LogP contribution in [0.15, 0.2) is 22.6 Å². The maximum Gasteiger partial charge on any atom is 0.249 e. The lowest BCUT2D eigenvalue weighted by Gasteiger charge is -1.99. The van der Waals surface area contributed by atoms with Crippen molar-refractivity contribution < 1.29 is 8.81 Å². The van der Waals surface area contributed by atoms with E-state index in [1.165, 1.54) is 6.07 Å². The van der Waals surface area contributed by atoms with Gasteiger partial charge in [-0.1, -0.05) is 24.6 Å². The van der Waals surface area contributed by atoms with Crippen molar-refractivity contribution in [3.63, 3.8) is 0 Å². The summed E-state index contributed by atoms with van der Waals surface area (Å²) in [4.78, 5) is 0. The van der Waals surface area contributed by atoms with Crippen LogP contribution < -0.4 is 5.32 Å². The maximum atomic E-state index is 13.3. The fourth-order valence-electron chi connectivity index (χ4n) is 1.67. The number of hydrogen-bond donors (Lipinski definition) is 1. The average molecular weight is 284 g/mol. The van der Waals surface area contributed by atoms with E-state index in [1.807, 2.05) is 0 Å². The van der Waals surface area contributed by atoms with Crippen molar-refractivity contribution in [2.75, 3.05) is 13.1 Å². The quantitative estimate of drug-likeness (QED) is 0.828.